The fourth-order valence-electron chi connectivity index (χ4n) is 2.29. The summed E-state index contributed by atoms with van der Waals surface area (Å²) in [5.41, 5.74) is 3.63. The lowest BCUT2D eigenvalue weighted by molar-refractivity contribution is -0.136. The third kappa shape index (κ3) is 3.33. The highest BCUT2D eigenvalue weighted by Crippen LogP contribution is 2.32. The van der Waals surface area contributed by atoms with E-state index in [9.17, 15) is 9.59 Å². The van der Waals surface area contributed by atoms with Gasteiger partial charge in [-0.1, -0.05) is 23.5 Å². The molecule has 0 unspecified atom stereocenters. The number of anilines is 1. The van der Waals surface area contributed by atoms with Crippen LogP contribution in [0.5, 0.6) is 11.5 Å². The zero-order valence-corrected chi connectivity index (χ0v) is 14.1. The third-order valence-corrected chi connectivity index (χ3v) is 4.45. The van der Waals surface area contributed by atoms with Gasteiger partial charge in [-0.3, -0.25) is 14.9 Å². The zero-order valence-electron chi connectivity index (χ0n) is 13.3. The van der Waals surface area contributed by atoms with Gasteiger partial charge in [-0.2, -0.15) is 5.10 Å². The van der Waals surface area contributed by atoms with Gasteiger partial charge in [0.2, 0.25) is 6.79 Å². The molecule has 4 rings (SSSR count). The second-order valence-electron chi connectivity index (χ2n) is 5.25. The number of hydrogen-bond acceptors (Lipinski definition) is 7. The van der Waals surface area contributed by atoms with Crippen LogP contribution in [-0.4, -0.2) is 29.8 Å². The predicted octanol–water partition coefficient (Wildman–Crippen LogP) is 2.11. The van der Waals surface area contributed by atoms with Crippen LogP contribution >= 0.6 is 11.3 Å². The minimum absolute atomic E-state index is 0.179. The van der Waals surface area contributed by atoms with Crippen molar-refractivity contribution in [2.45, 2.75) is 0 Å². The molecule has 0 spiro atoms. The fraction of sp³-hybridized carbons (Fsp3) is 0.0588. The Morgan fingerprint density at radius 2 is 1.96 bits per heavy atom. The molecule has 0 bridgehead atoms. The number of hydrogen-bond donors (Lipinski definition) is 2. The fourth-order valence-corrected chi connectivity index (χ4v) is 3.15. The Hall–Kier alpha value is -3.46. The van der Waals surface area contributed by atoms with E-state index in [4.69, 9.17) is 9.47 Å². The largest absolute Gasteiger partial charge is 0.454 e. The number of carbonyl (C=O) groups is 2. The Labute approximate surface area is 151 Å². The molecule has 8 nitrogen and oxygen atoms in total. The molecule has 9 heteroatoms. The summed E-state index contributed by atoms with van der Waals surface area (Å²) in [7, 11) is 0. The van der Waals surface area contributed by atoms with Gasteiger partial charge in [0.15, 0.2) is 16.6 Å². The molecule has 2 N–H and O–H groups in total. The first kappa shape index (κ1) is 16.0. The van der Waals surface area contributed by atoms with Crippen molar-refractivity contribution >= 4 is 44.7 Å². The van der Waals surface area contributed by atoms with Crippen LogP contribution in [0.25, 0.3) is 10.2 Å². The van der Waals surface area contributed by atoms with Crippen LogP contribution in [0.15, 0.2) is 47.6 Å². The Kier molecular flexibility index (Phi) is 4.20. The lowest BCUT2D eigenvalue weighted by Gasteiger charge is -2.00. The molecule has 0 atom stereocenters. The van der Waals surface area contributed by atoms with E-state index in [1.165, 1.54) is 17.6 Å². The van der Waals surface area contributed by atoms with Crippen LogP contribution in [-0.2, 0) is 9.59 Å². The van der Waals surface area contributed by atoms with Crippen LogP contribution in [0.1, 0.15) is 5.56 Å². The van der Waals surface area contributed by atoms with Gasteiger partial charge in [-0.15, -0.1) is 0 Å². The molecule has 1 aliphatic rings. The smallest absolute Gasteiger partial charge is 0.329 e. The molecule has 0 saturated carbocycles. The topological polar surface area (TPSA) is 102 Å². The van der Waals surface area contributed by atoms with Gasteiger partial charge in [0.1, 0.15) is 0 Å². The number of rotatable bonds is 3. The van der Waals surface area contributed by atoms with Crippen LogP contribution in [0.2, 0.25) is 0 Å². The van der Waals surface area contributed by atoms with Gasteiger partial charge in [0, 0.05) is 0 Å². The summed E-state index contributed by atoms with van der Waals surface area (Å²) in [6.07, 6.45) is 1.41. The van der Waals surface area contributed by atoms with Gasteiger partial charge in [-0.25, -0.2) is 10.4 Å². The van der Waals surface area contributed by atoms with Gasteiger partial charge in [-0.05, 0) is 35.9 Å². The number of benzene rings is 2. The van der Waals surface area contributed by atoms with Crippen molar-refractivity contribution < 1.29 is 19.1 Å². The first-order chi connectivity index (χ1) is 12.7. The van der Waals surface area contributed by atoms with Crippen molar-refractivity contribution in [2.24, 2.45) is 5.10 Å². The van der Waals surface area contributed by atoms with Crippen molar-refractivity contribution in [1.29, 1.82) is 0 Å². The number of fused-ring (bicyclic) bond motifs is 2. The van der Waals surface area contributed by atoms with Gasteiger partial charge < -0.3 is 9.47 Å². The summed E-state index contributed by atoms with van der Waals surface area (Å²) in [5, 5.41) is 6.59. The molecule has 1 aromatic heterocycles. The monoisotopic (exact) mass is 368 g/mol. The summed E-state index contributed by atoms with van der Waals surface area (Å²) in [4.78, 5) is 28.0. The lowest BCUT2D eigenvalue weighted by atomic mass is 10.2. The summed E-state index contributed by atoms with van der Waals surface area (Å²) >= 11 is 1.29. The van der Waals surface area contributed by atoms with Crippen molar-refractivity contribution in [3.8, 4) is 11.5 Å². The molecule has 0 aliphatic carbocycles. The summed E-state index contributed by atoms with van der Waals surface area (Å²) in [6, 6.07) is 12.7. The highest BCUT2D eigenvalue weighted by atomic mass is 32.1. The molecule has 26 heavy (non-hydrogen) atoms. The van der Waals surface area contributed by atoms with Gasteiger partial charge in [0.25, 0.3) is 0 Å². The summed E-state index contributed by atoms with van der Waals surface area (Å²) < 4.78 is 11.4. The molecule has 2 amide bonds. The maximum absolute atomic E-state index is 11.9. The summed E-state index contributed by atoms with van der Waals surface area (Å²) in [5.74, 6) is -0.469. The maximum atomic E-state index is 11.9. The minimum Gasteiger partial charge on any atom is -0.454 e. The Balaban J connectivity index is 1.36. The molecule has 0 fully saturated rings. The van der Waals surface area contributed by atoms with E-state index >= 15 is 0 Å². The molecule has 2 heterocycles. The number of aromatic nitrogens is 1. The number of para-hydroxylation sites is 1. The number of amides is 2. The minimum atomic E-state index is -0.888. The van der Waals surface area contributed by atoms with Gasteiger partial charge >= 0.3 is 11.8 Å². The van der Waals surface area contributed by atoms with Crippen LogP contribution < -0.4 is 20.2 Å². The number of carbonyl (C=O) groups excluding carboxylic acids is 2. The van der Waals surface area contributed by atoms with Crippen molar-refractivity contribution in [3.63, 3.8) is 0 Å². The van der Waals surface area contributed by atoms with Crippen molar-refractivity contribution in [2.75, 3.05) is 12.1 Å². The second-order valence-corrected chi connectivity index (χ2v) is 6.28. The average molecular weight is 368 g/mol. The molecule has 0 radical (unpaired) electrons. The van der Waals surface area contributed by atoms with Crippen molar-refractivity contribution in [1.82, 2.24) is 10.4 Å². The third-order valence-electron chi connectivity index (χ3n) is 3.50. The van der Waals surface area contributed by atoms with Crippen LogP contribution in [0, 0.1) is 0 Å². The highest BCUT2D eigenvalue weighted by molar-refractivity contribution is 7.22. The average Bonchev–Trinajstić information content (AvgIpc) is 3.26. The number of nitrogens with zero attached hydrogens (tertiary/aromatic N) is 2. The first-order valence-electron chi connectivity index (χ1n) is 7.59. The normalized spacial score (nSPS) is 12.5. The SMILES string of the molecule is O=C(N/N=C\c1ccc2c(c1)OCO2)C(=O)Nc1nc2ccccc2s1. The number of ether oxygens (including phenoxy) is 2. The van der Waals surface area contributed by atoms with Crippen LogP contribution in [0.3, 0.4) is 0 Å². The predicted molar refractivity (Wildman–Crippen MR) is 96.6 cm³/mol. The standard InChI is InChI=1S/C17H12N4O4S/c22-15(20-17-19-11-3-1-2-4-14(11)26-17)16(23)21-18-8-10-5-6-12-13(7-10)25-9-24-12/h1-8H,9H2,(H,21,23)(H,19,20,22)/b18-8-. The van der Waals surface area contributed by atoms with E-state index in [0.717, 1.165) is 10.2 Å². The van der Waals surface area contributed by atoms with E-state index in [2.05, 4.69) is 20.8 Å². The molecule has 130 valence electrons. The highest BCUT2D eigenvalue weighted by Gasteiger charge is 2.15. The van der Waals surface area contributed by atoms with E-state index in [1.54, 1.807) is 18.2 Å². The van der Waals surface area contributed by atoms with Crippen LogP contribution in [0.4, 0.5) is 5.13 Å². The van der Waals surface area contributed by atoms with E-state index in [1.807, 2.05) is 24.3 Å². The maximum Gasteiger partial charge on any atom is 0.329 e. The quantitative estimate of drug-likeness (QED) is 0.419. The Morgan fingerprint density at radius 3 is 2.85 bits per heavy atom. The molecule has 1 aliphatic heterocycles. The number of nitrogens with one attached hydrogen (secondary N) is 2. The number of thiazole rings is 1. The van der Waals surface area contributed by atoms with E-state index in [-0.39, 0.29) is 6.79 Å². The molecular formula is C17H12N4O4S. The van der Waals surface area contributed by atoms with E-state index < -0.39 is 11.8 Å². The zero-order chi connectivity index (χ0) is 17.9. The molecule has 2 aromatic carbocycles. The van der Waals surface area contributed by atoms with Crippen molar-refractivity contribution in [3.05, 3.63) is 48.0 Å². The lowest BCUT2D eigenvalue weighted by Crippen LogP contribution is -2.32. The molecule has 0 saturated heterocycles. The summed E-state index contributed by atoms with van der Waals surface area (Å²) in [6.45, 7) is 0.179. The molecule has 3 aromatic rings. The molecular weight excluding hydrogens is 356 g/mol. The Bertz CT molecular complexity index is 998. The van der Waals surface area contributed by atoms with E-state index in [0.29, 0.717) is 22.2 Å². The second kappa shape index (κ2) is 6.81. The number of hydrazone groups is 1. The first-order valence-corrected chi connectivity index (χ1v) is 8.40. The Morgan fingerprint density at radius 1 is 1.12 bits per heavy atom. The van der Waals surface area contributed by atoms with Gasteiger partial charge in [0.05, 0.1) is 16.4 Å².